The molecule has 1 spiro atoms. The molecule has 3 nitrogen and oxygen atoms in total. The van der Waals surface area contributed by atoms with E-state index in [2.05, 4.69) is 5.32 Å². The molecule has 1 aliphatic heterocycles. The second kappa shape index (κ2) is 3.13. The maximum atomic E-state index is 11.7. The van der Waals surface area contributed by atoms with E-state index in [4.69, 9.17) is 0 Å². The van der Waals surface area contributed by atoms with Crippen LogP contribution < -0.4 is 5.32 Å². The average Bonchev–Trinajstić information content (AvgIpc) is 2.48. The molecular weight excluding hydrogens is 166 g/mol. The first-order valence-electron chi connectivity index (χ1n) is 5.07. The first-order valence-corrected chi connectivity index (χ1v) is 5.07. The van der Waals surface area contributed by atoms with E-state index in [1.807, 2.05) is 0 Å². The lowest BCUT2D eigenvalue weighted by Crippen LogP contribution is -2.39. The van der Waals surface area contributed by atoms with Crippen molar-refractivity contribution in [3.05, 3.63) is 0 Å². The van der Waals surface area contributed by atoms with Gasteiger partial charge in [-0.3, -0.25) is 14.9 Å². The third-order valence-electron chi connectivity index (χ3n) is 3.35. The Balaban J connectivity index is 2.17. The van der Waals surface area contributed by atoms with Crippen LogP contribution in [0.1, 0.15) is 44.9 Å². The van der Waals surface area contributed by atoms with Gasteiger partial charge in [-0.25, -0.2) is 0 Å². The standard InChI is InChI=1S/C10H15NO2/c12-8-4-3-7-10(9(13)11-8)5-1-2-6-10/h1-7H2,(H,11,12,13). The largest absolute Gasteiger partial charge is 0.296 e. The molecule has 1 heterocycles. The van der Waals surface area contributed by atoms with Gasteiger partial charge in [-0.2, -0.15) is 0 Å². The highest BCUT2D eigenvalue weighted by atomic mass is 16.2. The van der Waals surface area contributed by atoms with E-state index >= 15 is 0 Å². The Morgan fingerprint density at radius 2 is 1.62 bits per heavy atom. The van der Waals surface area contributed by atoms with Gasteiger partial charge in [0.05, 0.1) is 0 Å². The highest BCUT2D eigenvalue weighted by Gasteiger charge is 2.42. The molecule has 1 aliphatic carbocycles. The zero-order valence-corrected chi connectivity index (χ0v) is 7.77. The fourth-order valence-electron chi connectivity index (χ4n) is 2.55. The quantitative estimate of drug-likeness (QED) is 0.574. The van der Waals surface area contributed by atoms with Crippen molar-refractivity contribution >= 4 is 11.8 Å². The first kappa shape index (κ1) is 8.73. The van der Waals surface area contributed by atoms with E-state index in [9.17, 15) is 9.59 Å². The number of carbonyl (C=O) groups excluding carboxylic acids is 2. The Labute approximate surface area is 77.9 Å². The summed E-state index contributed by atoms with van der Waals surface area (Å²) in [4.78, 5) is 22.8. The van der Waals surface area contributed by atoms with Crippen LogP contribution in [0.2, 0.25) is 0 Å². The molecule has 3 heteroatoms. The molecule has 2 fully saturated rings. The van der Waals surface area contributed by atoms with Crippen LogP contribution in [-0.4, -0.2) is 11.8 Å². The maximum absolute atomic E-state index is 11.7. The smallest absolute Gasteiger partial charge is 0.232 e. The predicted molar refractivity (Wildman–Crippen MR) is 47.9 cm³/mol. The summed E-state index contributed by atoms with van der Waals surface area (Å²) < 4.78 is 0. The van der Waals surface area contributed by atoms with Crippen molar-refractivity contribution in [3.63, 3.8) is 0 Å². The minimum absolute atomic E-state index is 0.00694. The summed E-state index contributed by atoms with van der Waals surface area (Å²) in [6, 6.07) is 0. The number of nitrogens with one attached hydrogen (secondary N) is 1. The normalized spacial score (nSPS) is 27.4. The fourth-order valence-corrected chi connectivity index (χ4v) is 2.55. The molecule has 0 aromatic rings. The minimum atomic E-state index is -0.174. The van der Waals surface area contributed by atoms with Crippen LogP contribution in [0.3, 0.4) is 0 Å². The molecule has 0 atom stereocenters. The van der Waals surface area contributed by atoms with Gasteiger partial charge in [-0.15, -0.1) is 0 Å². The van der Waals surface area contributed by atoms with Crippen molar-refractivity contribution < 1.29 is 9.59 Å². The van der Waals surface area contributed by atoms with Crippen molar-refractivity contribution in [1.82, 2.24) is 5.32 Å². The summed E-state index contributed by atoms with van der Waals surface area (Å²) in [5, 5.41) is 2.50. The van der Waals surface area contributed by atoms with Gasteiger partial charge < -0.3 is 0 Å². The van der Waals surface area contributed by atoms with E-state index in [0.29, 0.717) is 6.42 Å². The second-order valence-corrected chi connectivity index (χ2v) is 4.22. The summed E-state index contributed by atoms with van der Waals surface area (Å²) in [7, 11) is 0. The van der Waals surface area contributed by atoms with Crippen LogP contribution in [0.5, 0.6) is 0 Å². The van der Waals surface area contributed by atoms with Gasteiger partial charge in [0.15, 0.2) is 0 Å². The fraction of sp³-hybridized carbons (Fsp3) is 0.800. The van der Waals surface area contributed by atoms with Crippen molar-refractivity contribution in [2.75, 3.05) is 0 Å². The lowest BCUT2D eigenvalue weighted by Gasteiger charge is -2.24. The first-order chi connectivity index (χ1) is 6.23. The minimum Gasteiger partial charge on any atom is -0.296 e. The summed E-state index contributed by atoms with van der Waals surface area (Å²) in [5.41, 5.74) is -0.174. The molecule has 72 valence electrons. The molecule has 2 rings (SSSR count). The summed E-state index contributed by atoms with van der Waals surface area (Å²) in [6.07, 6.45) is 6.54. The lowest BCUT2D eigenvalue weighted by molar-refractivity contribution is -0.135. The topological polar surface area (TPSA) is 46.2 Å². The number of hydrogen-bond acceptors (Lipinski definition) is 2. The summed E-state index contributed by atoms with van der Waals surface area (Å²) in [6.45, 7) is 0. The second-order valence-electron chi connectivity index (χ2n) is 4.22. The van der Waals surface area contributed by atoms with Gasteiger partial charge >= 0.3 is 0 Å². The van der Waals surface area contributed by atoms with E-state index in [-0.39, 0.29) is 17.2 Å². The average molecular weight is 181 g/mol. The van der Waals surface area contributed by atoms with Crippen LogP contribution >= 0.6 is 0 Å². The van der Waals surface area contributed by atoms with E-state index in [1.165, 1.54) is 0 Å². The lowest BCUT2D eigenvalue weighted by atomic mass is 9.81. The van der Waals surface area contributed by atoms with Gasteiger partial charge in [-0.1, -0.05) is 12.8 Å². The van der Waals surface area contributed by atoms with E-state index < -0.39 is 0 Å². The molecule has 2 aliphatic rings. The van der Waals surface area contributed by atoms with Crippen LogP contribution in [0.4, 0.5) is 0 Å². The molecule has 0 bridgehead atoms. The molecule has 1 saturated carbocycles. The van der Waals surface area contributed by atoms with Crippen molar-refractivity contribution in [1.29, 1.82) is 0 Å². The summed E-state index contributed by atoms with van der Waals surface area (Å²) >= 11 is 0. The maximum Gasteiger partial charge on any atom is 0.232 e. The summed E-state index contributed by atoms with van der Waals surface area (Å²) in [5.74, 6) is -0.0960. The SMILES string of the molecule is O=C1CCCC2(CCCC2)C(=O)N1. The third kappa shape index (κ3) is 1.47. The Bertz CT molecular complexity index is 241. The van der Waals surface area contributed by atoms with Gasteiger partial charge in [0.1, 0.15) is 0 Å². The monoisotopic (exact) mass is 181 g/mol. The molecule has 0 radical (unpaired) electrons. The molecule has 1 saturated heterocycles. The molecule has 2 amide bonds. The van der Waals surface area contributed by atoms with E-state index in [0.717, 1.165) is 38.5 Å². The van der Waals surface area contributed by atoms with Crippen LogP contribution in [0.15, 0.2) is 0 Å². The number of amides is 2. The highest BCUT2D eigenvalue weighted by Crippen LogP contribution is 2.43. The van der Waals surface area contributed by atoms with Crippen molar-refractivity contribution in [2.24, 2.45) is 5.41 Å². The van der Waals surface area contributed by atoms with Crippen LogP contribution in [0, 0.1) is 5.41 Å². The number of hydrogen-bond donors (Lipinski definition) is 1. The van der Waals surface area contributed by atoms with Crippen LogP contribution in [0.25, 0.3) is 0 Å². The Kier molecular flexibility index (Phi) is 2.10. The third-order valence-corrected chi connectivity index (χ3v) is 3.35. The van der Waals surface area contributed by atoms with Gasteiger partial charge in [0.25, 0.3) is 0 Å². The molecule has 0 aromatic heterocycles. The number of imide groups is 1. The molecular formula is C10H15NO2. The van der Waals surface area contributed by atoms with Gasteiger partial charge in [0, 0.05) is 11.8 Å². The van der Waals surface area contributed by atoms with Crippen LogP contribution in [-0.2, 0) is 9.59 Å². The zero-order valence-electron chi connectivity index (χ0n) is 7.77. The Hall–Kier alpha value is -0.860. The molecule has 1 N–H and O–H groups in total. The van der Waals surface area contributed by atoms with Crippen molar-refractivity contribution in [3.8, 4) is 0 Å². The van der Waals surface area contributed by atoms with Gasteiger partial charge in [0.2, 0.25) is 11.8 Å². The van der Waals surface area contributed by atoms with E-state index in [1.54, 1.807) is 0 Å². The zero-order chi connectivity index (χ0) is 9.31. The Morgan fingerprint density at radius 3 is 2.31 bits per heavy atom. The highest BCUT2D eigenvalue weighted by molar-refractivity contribution is 5.98. The molecule has 0 aromatic carbocycles. The number of carbonyl (C=O) groups is 2. The molecule has 13 heavy (non-hydrogen) atoms. The predicted octanol–water partition coefficient (Wildman–Crippen LogP) is 1.37. The van der Waals surface area contributed by atoms with Gasteiger partial charge in [-0.05, 0) is 25.7 Å². The van der Waals surface area contributed by atoms with Crippen molar-refractivity contribution in [2.45, 2.75) is 44.9 Å². The Morgan fingerprint density at radius 1 is 1.00 bits per heavy atom. The number of rotatable bonds is 0. The molecule has 0 unspecified atom stereocenters.